The summed E-state index contributed by atoms with van der Waals surface area (Å²) >= 11 is 3.22. The Morgan fingerprint density at radius 1 is 1.33 bits per heavy atom. The summed E-state index contributed by atoms with van der Waals surface area (Å²) < 4.78 is 19.3. The summed E-state index contributed by atoms with van der Waals surface area (Å²) in [6.07, 6.45) is 0. The van der Waals surface area contributed by atoms with Crippen LogP contribution in [0.4, 0.5) is 15.8 Å². The van der Waals surface area contributed by atoms with Gasteiger partial charge < -0.3 is 10.1 Å². The smallest absolute Gasteiger partial charge is 0.270 e. The molecule has 5 nitrogen and oxygen atoms in total. The van der Waals surface area contributed by atoms with E-state index in [2.05, 4.69) is 21.2 Å². The highest BCUT2D eigenvalue weighted by Gasteiger charge is 2.09. The van der Waals surface area contributed by atoms with E-state index in [4.69, 9.17) is 4.74 Å². The van der Waals surface area contributed by atoms with Crippen LogP contribution >= 0.6 is 15.9 Å². The summed E-state index contributed by atoms with van der Waals surface area (Å²) in [6, 6.07) is 8.93. The van der Waals surface area contributed by atoms with Crippen LogP contribution in [0.5, 0.6) is 5.75 Å². The second-order valence-corrected chi connectivity index (χ2v) is 5.19. The van der Waals surface area contributed by atoms with E-state index in [0.29, 0.717) is 15.8 Å². The molecule has 2 aromatic carbocycles. The van der Waals surface area contributed by atoms with Crippen molar-refractivity contribution in [2.45, 2.75) is 6.54 Å². The van der Waals surface area contributed by atoms with Crippen molar-refractivity contribution in [3.05, 3.63) is 62.4 Å². The van der Waals surface area contributed by atoms with Crippen LogP contribution in [0, 0.1) is 15.9 Å². The summed E-state index contributed by atoms with van der Waals surface area (Å²) in [7, 11) is 1.49. The Hall–Kier alpha value is -2.15. The van der Waals surface area contributed by atoms with Crippen molar-refractivity contribution in [2.24, 2.45) is 0 Å². The SMILES string of the molecule is COc1ccc(F)c(NCc2cc(Br)cc([N+](=O)[O-])c2)c1. The van der Waals surface area contributed by atoms with Crippen LogP contribution < -0.4 is 10.1 Å². The maximum Gasteiger partial charge on any atom is 0.270 e. The van der Waals surface area contributed by atoms with Gasteiger partial charge in [-0.15, -0.1) is 0 Å². The fraction of sp³-hybridized carbons (Fsp3) is 0.143. The first-order valence-electron chi connectivity index (χ1n) is 6.01. The Bertz CT molecular complexity index is 679. The van der Waals surface area contributed by atoms with Crippen LogP contribution in [0.3, 0.4) is 0 Å². The second-order valence-electron chi connectivity index (χ2n) is 4.27. The molecule has 0 heterocycles. The van der Waals surface area contributed by atoms with Gasteiger partial charge in [-0.2, -0.15) is 0 Å². The number of rotatable bonds is 5. The van der Waals surface area contributed by atoms with E-state index in [9.17, 15) is 14.5 Å². The third kappa shape index (κ3) is 3.91. The monoisotopic (exact) mass is 354 g/mol. The lowest BCUT2D eigenvalue weighted by Gasteiger charge is -2.09. The second kappa shape index (κ2) is 6.53. The van der Waals surface area contributed by atoms with Crippen molar-refractivity contribution in [1.82, 2.24) is 0 Å². The number of benzene rings is 2. The highest BCUT2D eigenvalue weighted by Crippen LogP contribution is 2.24. The zero-order valence-corrected chi connectivity index (χ0v) is 12.7. The normalized spacial score (nSPS) is 10.2. The molecule has 0 aromatic heterocycles. The average Bonchev–Trinajstić information content (AvgIpc) is 2.46. The molecule has 0 saturated carbocycles. The number of hydrogen-bond donors (Lipinski definition) is 1. The number of ether oxygens (including phenoxy) is 1. The minimum Gasteiger partial charge on any atom is -0.497 e. The van der Waals surface area contributed by atoms with Crippen molar-refractivity contribution < 1.29 is 14.1 Å². The van der Waals surface area contributed by atoms with Gasteiger partial charge in [0, 0.05) is 29.2 Å². The lowest BCUT2D eigenvalue weighted by Crippen LogP contribution is -2.02. The van der Waals surface area contributed by atoms with E-state index in [0.717, 1.165) is 0 Å². The molecule has 0 amide bonds. The molecule has 0 fully saturated rings. The zero-order valence-electron chi connectivity index (χ0n) is 11.1. The molecule has 0 unspecified atom stereocenters. The summed E-state index contributed by atoms with van der Waals surface area (Å²) in [5.74, 6) is 0.111. The van der Waals surface area contributed by atoms with Crippen molar-refractivity contribution in [1.29, 1.82) is 0 Å². The van der Waals surface area contributed by atoms with Crippen molar-refractivity contribution in [3.63, 3.8) is 0 Å². The van der Waals surface area contributed by atoms with E-state index >= 15 is 0 Å². The summed E-state index contributed by atoms with van der Waals surface area (Å²) in [4.78, 5) is 10.3. The first-order chi connectivity index (χ1) is 9.99. The van der Waals surface area contributed by atoms with E-state index in [1.165, 1.54) is 37.4 Å². The first kappa shape index (κ1) is 15.2. The van der Waals surface area contributed by atoms with Crippen LogP contribution in [0.15, 0.2) is 40.9 Å². The van der Waals surface area contributed by atoms with Crippen molar-refractivity contribution >= 4 is 27.3 Å². The Kier molecular flexibility index (Phi) is 4.74. The molecule has 0 spiro atoms. The zero-order chi connectivity index (χ0) is 15.4. The molecule has 0 radical (unpaired) electrons. The van der Waals surface area contributed by atoms with Gasteiger partial charge in [0.25, 0.3) is 5.69 Å². The standard InChI is InChI=1S/C14H12BrFN2O3/c1-21-12-2-3-13(16)14(7-12)17-8-9-4-10(15)6-11(5-9)18(19)20/h2-7,17H,8H2,1H3. The van der Waals surface area contributed by atoms with Crippen LogP contribution in [-0.2, 0) is 6.54 Å². The molecule has 2 rings (SSSR count). The number of nitrogens with one attached hydrogen (secondary N) is 1. The third-order valence-corrected chi connectivity index (χ3v) is 3.27. The van der Waals surface area contributed by atoms with Gasteiger partial charge in [-0.3, -0.25) is 10.1 Å². The number of non-ortho nitro benzene ring substituents is 1. The van der Waals surface area contributed by atoms with E-state index in [1.54, 1.807) is 6.07 Å². The van der Waals surface area contributed by atoms with Gasteiger partial charge in [0.2, 0.25) is 0 Å². The van der Waals surface area contributed by atoms with Crippen molar-refractivity contribution in [3.8, 4) is 5.75 Å². The minimum atomic E-state index is -0.472. The van der Waals surface area contributed by atoms with Gasteiger partial charge >= 0.3 is 0 Å². The molecule has 1 N–H and O–H groups in total. The van der Waals surface area contributed by atoms with Gasteiger partial charge in [-0.05, 0) is 23.8 Å². The Morgan fingerprint density at radius 3 is 2.76 bits per heavy atom. The Labute approximate surface area is 129 Å². The topological polar surface area (TPSA) is 64.4 Å². The molecule has 2 aromatic rings. The van der Waals surface area contributed by atoms with Gasteiger partial charge in [0.15, 0.2) is 0 Å². The molecule has 0 bridgehead atoms. The van der Waals surface area contributed by atoms with Crippen molar-refractivity contribution in [2.75, 3.05) is 12.4 Å². The summed E-state index contributed by atoms with van der Waals surface area (Å²) in [5, 5.41) is 13.7. The molecule has 7 heteroatoms. The molecule has 0 aliphatic rings. The number of halogens is 2. The van der Waals surface area contributed by atoms with Gasteiger partial charge in [-0.1, -0.05) is 15.9 Å². The highest BCUT2D eigenvalue weighted by atomic mass is 79.9. The maximum absolute atomic E-state index is 13.7. The van der Waals surface area contributed by atoms with E-state index in [-0.39, 0.29) is 17.9 Å². The predicted molar refractivity (Wildman–Crippen MR) is 81.1 cm³/mol. The number of anilines is 1. The molecular formula is C14H12BrFN2O3. The fourth-order valence-electron chi connectivity index (χ4n) is 1.80. The number of nitro benzene ring substituents is 1. The number of hydrogen-bond acceptors (Lipinski definition) is 4. The lowest BCUT2D eigenvalue weighted by molar-refractivity contribution is -0.385. The Balaban J connectivity index is 2.18. The molecule has 0 aliphatic heterocycles. The van der Waals surface area contributed by atoms with Crippen LogP contribution in [0.2, 0.25) is 0 Å². The quantitative estimate of drug-likeness (QED) is 0.647. The minimum absolute atomic E-state index is 0.0210. The number of methoxy groups -OCH3 is 1. The number of nitrogens with zero attached hydrogens (tertiary/aromatic N) is 1. The first-order valence-corrected chi connectivity index (χ1v) is 6.80. The van der Waals surface area contributed by atoms with E-state index < -0.39 is 10.7 Å². The van der Waals surface area contributed by atoms with E-state index in [1.807, 2.05) is 0 Å². The number of nitro groups is 1. The summed E-state index contributed by atoms with van der Waals surface area (Å²) in [6.45, 7) is 0.254. The third-order valence-electron chi connectivity index (χ3n) is 2.81. The van der Waals surface area contributed by atoms with Crippen LogP contribution in [0.1, 0.15) is 5.56 Å². The molecule has 0 aliphatic carbocycles. The highest BCUT2D eigenvalue weighted by molar-refractivity contribution is 9.10. The largest absolute Gasteiger partial charge is 0.497 e. The molecular weight excluding hydrogens is 343 g/mol. The predicted octanol–water partition coefficient (Wildman–Crippen LogP) is 4.12. The molecule has 0 atom stereocenters. The molecule has 0 saturated heterocycles. The van der Waals surface area contributed by atoms with Gasteiger partial charge in [0.1, 0.15) is 11.6 Å². The van der Waals surface area contributed by atoms with Crippen LogP contribution in [0.25, 0.3) is 0 Å². The summed E-state index contributed by atoms with van der Waals surface area (Å²) in [5.41, 5.74) is 0.919. The fourth-order valence-corrected chi connectivity index (χ4v) is 2.33. The molecule has 110 valence electrons. The maximum atomic E-state index is 13.7. The van der Waals surface area contributed by atoms with Crippen LogP contribution in [-0.4, -0.2) is 12.0 Å². The molecule has 21 heavy (non-hydrogen) atoms. The average molecular weight is 355 g/mol. The Morgan fingerprint density at radius 2 is 2.10 bits per heavy atom. The van der Waals surface area contributed by atoms with Gasteiger partial charge in [0.05, 0.1) is 17.7 Å². The van der Waals surface area contributed by atoms with Gasteiger partial charge in [-0.25, -0.2) is 4.39 Å². The lowest BCUT2D eigenvalue weighted by atomic mass is 10.2.